The van der Waals surface area contributed by atoms with Gasteiger partial charge in [-0.15, -0.1) is 0 Å². The first-order chi connectivity index (χ1) is 8.72. The average Bonchev–Trinajstić information content (AvgIpc) is 2.39. The quantitative estimate of drug-likeness (QED) is 0.692. The molecule has 18 heavy (non-hydrogen) atoms. The van der Waals surface area contributed by atoms with Crippen molar-refractivity contribution in [2.45, 2.75) is 25.3 Å². The fourth-order valence-corrected chi connectivity index (χ4v) is 2.49. The summed E-state index contributed by atoms with van der Waals surface area (Å²) in [5.41, 5.74) is 11.0. The highest BCUT2D eigenvalue weighted by molar-refractivity contribution is 5.66. The fraction of sp³-hybridized carbons (Fsp3) is 0.467. The third kappa shape index (κ3) is 2.99. The van der Waals surface area contributed by atoms with E-state index in [1.807, 2.05) is 0 Å². The molecule has 1 aliphatic rings. The van der Waals surface area contributed by atoms with Crippen LogP contribution in [0.15, 0.2) is 24.8 Å². The zero-order valence-electron chi connectivity index (χ0n) is 10.8. The normalized spacial score (nSPS) is 18.4. The maximum absolute atomic E-state index is 8.73. The molecule has 0 saturated heterocycles. The van der Waals surface area contributed by atoms with E-state index in [1.165, 1.54) is 23.1 Å². The molecule has 3 heteroatoms. The monoisotopic (exact) mass is 246 g/mol. The minimum Gasteiger partial charge on any atom is -0.395 e. The zero-order chi connectivity index (χ0) is 13.0. The van der Waals surface area contributed by atoms with Gasteiger partial charge in [0, 0.05) is 19.1 Å². The van der Waals surface area contributed by atoms with E-state index in [9.17, 15) is 0 Å². The van der Waals surface area contributed by atoms with E-state index in [2.05, 4.69) is 30.1 Å². The summed E-state index contributed by atoms with van der Waals surface area (Å²) in [5.74, 6) is 0. The molecule has 0 aliphatic heterocycles. The number of benzene rings is 1. The summed E-state index contributed by atoms with van der Waals surface area (Å²) in [7, 11) is 0. The van der Waals surface area contributed by atoms with Crippen molar-refractivity contribution in [1.82, 2.24) is 5.32 Å². The molecule has 0 saturated carbocycles. The number of rotatable bonds is 5. The van der Waals surface area contributed by atoms with Gasteiger partial charge in [-0.25, -0.2) is 0 Å². The summed E-state index contributed by atoms with van der Waals surface area (Å²) in [4.78, 5) is 0. The molecule has 0 heterocycles. The predicted molar refractivity (Wildman–Crippen MR) is 75.3 cm³/mol. The second-order valence-electron chi connectivity index (χ2n) is 4.92. The van der Waals surface area contributed by atoms with Gasteiger partial charge in [0.05, 0.1) is 6.61 Å². The number of hydrogen-bond donors (Lipinski definition) is 3. The maximum atomic E-state index is 8.73. The van der Waals surface area contributed by atoms with E-state index in [0.29, 0.717) is 13.1 Å². The molecular weight excluding hydrogens is 224 g/mol. The molecule has 0 spiro atoms. The summed E-state index contributed by atoms with van der Waals surface area (Å²) in [5, 5.41) is 11.9. The Morgan fingerprint density at radius 2 is 2.33 bits per heavy atom. The van der Waals surface area contributed by atoms with Gasteiger partial charge in [0.1, 0.15) is 0 Å². The fourth-order valence-electron chi connectivity index (χ4n) is 2.49. The maximum Gasteiger partial charge on any atom is 0.0556 e. The molecule has 1 atom stereocenters. The topological polar surface area (TPSA) is 58.3 Å². The van der Waals surface area contributed by atoms with Gasteiger partial charge in [-0.1, -0.05) is 24.8 Å². The Labute approximate surface area is 109 Å². The van der Waals surface area contributed by atoms with E-state index >= 15 is 0 Å². The Kier molecular flexibility index (Phi) is 4.53. The van der Waals surface area contributed by atoms with Crippen LogP contribution in [-0.2, 0) is 6.42 Å². The molecule has 2 rings (SSSR count). The van der Waals surface area contributed by atoms with Crippen LogP contribution in [0.5, 0.6) is 0 Å². The van der Waals surface area contributed by atoms with E-state index in [0.717, 1.165) is 18.4 Å². The minimum absolute atomic E-state index is 0.159. The summed E-state index contributed by atoms with van der Waals surface area (Å²) in [6, 6.07) is 6.67. The molecule has 0 aromatic heterocycles. The van der Waals surface area contributed by atoms with Gasteiger partial charge < -0.3 is 16.2 Å². The molecule has 3 nitrogen and oxygen atoms in total. The smallest absolute Gasteiger partial charge is 0.0556 e. The summed E-state index contributed by atoms with van der Waals surface area (Å²) < 4.78 is 0. The van der Waals surface area contributed by atoms with Crippen LogP contribution in [0.4, 0.5) is 0 Å². The molecule has 4 N–H and O–H groups in total. The molecule has 1 aliphatic carbocycles. The molecule has 0 amide bonds. The van der Waals surface area contributed by atoms with Crippen LogP contribution < -0.4 is 11.1 Å². The first kappa shape index (κ1) is 13.3. The number of nitrogens with two attached hydrogens (primary N) is 1. The third-order valence-electron chi connectivity index (χ3n) is 3.54. The van der Waals surface area contributed by atoms with Crippen LogP contribution in [0, 0.1) is 0 Å². The second kappa shape index (κ2) is 6.14. The van der Waals surface area contributed by atoms with Gasteiger partial charge in [0.2, 0.25) is 0 Å². The van der Waals surface area contributed by atoms with Gasteiger partial charge in [-0.3, -0.25) is 0 Å². The number of fused-ring (bicyclic) bond motifs is 1. The van der Waals surface area contributed by atoms with Crippen molar-refractivity contribution in [1.29, 1.82) is 0 Å². The Balaban J connectivity index is 2.08. The molecule has 1 aromatic carbocycles. The lowest BCUT2D eigenvalue weighted by molar-refractivity contribution is 0.295. The van der Waals surface area contributed by atoms with Crippen molar-refractivity contribution in [2.24, 2.45) is 5.73 Å². The molecule has 0 fully saturated rings. The van der Waals surface area contributed by atoms with Gasteiger partial charge in [0.25, 0.3) is 0 Å². The number of aliphatic hydroxyl groups is 1. The summed E-state index contributed by atoms with van der Waals surface area (Å²) >= 11 is 0. The Morgan fingerprint density at radius 1 is 1.50 bits per heavy atom. The van der Waals surface area contributed by atoms with Gasteiger partial charge in [-0.2, -0.15) is 0 Å². The van der Waals surface area contributed by atoms with Gasteiger partial charge in [0.15, 0.2) is 0 Å². The van der Waals surface area contributed by atoms with E-state index in [1.54, 1.807) is 0 Å². The lowest BCUT2D eigenvalue weighted by atomic mass is 9.86. The minimum atomic E-state index is 0.159. The van der Waals surface area contributed by atoms with Gasteiger partial charge in [-0.05, 0) is 41.5 Å². The SMILES string of the molecule is C=C(CNCCO)c1ccc2c(c1)CCCC2N. The molecule has 1 aromatic rings. The standard InChI is InChI=1S/C15H22N2O/c1-11(10-17-7-8-18)12-5-6-14-13(9-12)3-2-4-15(14)16/h5-6,9,15,17-18H,1-4,7-8,10,16H2. The number of aryl methyl sites for hydroxylation is 1. The summed E-state index contributed by atoms with van der Waals surface area (Å²) in [6.07, 6.45) is 3.38. The first-order valence-corrected chi connectivity index (χ1v) is 6.60. The lowest BCUT2D eigenvalue weighted by Gasteiger charge is -2.23. The van der Waals surface area contributed by atoms with Crippen LogP contribution in [0.2, 0.25) is 0 Å². The second-order valence-corrected chi connectivity index (χ2v) is 4.92. The van der Waals surface area contributed by atoms with Crippen molar-refractivity contribution < 1.29 is 5.11 Å². The van der Waals surface area contributed by atoms with Crippen LogP contribution >= 0.6 is 0 Å². The predicted octanol–water partition coefficient (Wildman–Crippen LogP) is 1.62. The van der Waals surface area contributed by atoms with Crippen LogP contribution in [-0.4, -0.2) is 24.8 Å². The van der Waals surface area contributed by atoms with Crippen LogP contribution in [0.1, 0.15) is 35.6 Å². The van der Waals surface area contributed by atoms with Crippen LogP contribution in [0.25, 0.3) is 5.57 Å². The largest absolute Gasteiger partial charge is 0.395 e. The zero-order valence-corrected chi connectivity index (χ0v) is 10.8. The van der Waals surface area contributed by atoms with Gasteiger partial charge >= 0.3 is 0 Å². The lowest BCUT2D eigenvalue weighted by Crippen LogP contribution is -2.20. The van der Waals surface area contributed by atoms with E-state index in [-0.39, 0.29) is 12.6 Å². The van der Waals surface area contributed by atoms with E-state index < -0.39 is 0 Å². The molecule has 0 bridgehead atoms. The van der Waals surface area contributed by atoms with Crippen LogP contribution in [0.3, 0.4) is 0 Å². The Bertz CT molecular complexity index is 429. The highest BCUT2D eigenvalue weighted by Crippen LogP contribution is 2.29. The highest BCUT2D eigenvalue weighted by atomic mass is 16.3. The third-order valence-corrected chi connectivity index (χ3v) is 3.54. The van der Waals surface area contributed by atoms with E-state index in [4.69, 9.17) is 10.8 Å². The Hall–Kier alpha value is -1.16. The Morgan fingerprint density at radius 3 is 3.11 bits per heavy atom. The van der Waals surface area contributed by atoms with Crippen molar-refractivity contribution in [2.75, 3.05) is 19.7 Å². The van der Waals surface area contributed by atoms with Crippen molar-refractivity contribution >= 4 is 5.57 Å². The number of nitrogens with one attached hydrogen (secondary N) is 1. The molecule has 1 unspecified atom stereocenters. The summed E-state index contributed by atoms with van der Waals surface area (Å²) in [6.45, 7) is 5.57. The van der Waals surface area contributed by atoms with Crippen molar-refractivity contribution in [3.05, 3.63) is 41.5 Å². The molecular formula is C15H22N2O. The average molecular weight is 246 g/mol. The molecule has 98 valence electrons. The van der Waals surface area contributed by atoms with Crippen molar-refractivity contribution in [3.8, 4) is 0 Å². The van der Waals surface area contributed by atoms with Crippen molar-refractivity contribution in [3.63, 3.8) is 0 Å². The highest BCUT2D eigenvalue weighted by Gasteiger charge is 2.16. The number of hydrogen-bond acceptors (Lipinski definition) is 3. The number of aliphatic hydroxyl groups excluding tert-OH is 1. The molecule has 0 radical (unpaired) electrons. The first-order valence-electron chi connectivity index (χ1n) is 6.60.